The van der Waals surface area contributed by atoms with Crippen molar-refractivity contribution in [3.8, 4) is 5.75 Å². The van der Waals surface area contributed by atoms with E-state index in [1.807, 2.05) is 0 Å². The zero-order chi connectivity index (χ0) is 15.6. The van der Waals surface area contributed by atoms with Gasteiger partial charge in [-0.3, -0.25) is 4.72 Å². The van der Waals surface area contributed by atoms with Crippen LogP contribution in [0.3, 0.4) is 0 Å². The maximum Gasteiger partial charge on any atom is 0.237 e. The predicted molar refractivity (Wildman–Crippen MR) is 77.8 cm³/mol. The van der Waals surface area contributed by atoms with Crippen LogP contribution in [0.2, 0.25) is 0 Å². The minimum atomic E-state index is -3.67. The number of anilines is 1. The molecular formula is C12H19N3O4S. The smallest absolute Gasteiger partial charge is 0.237 e. The van der Waals surface area contributed by atoms with Gasteiger partial charge in [-0.2, -0.15) is 0 Å². The van der Waals surface area contributed by atoms with Crippen molar-refractivity contribution in [3.63, 3.8) is 0 Å². The first-order chi connectivity index (χ1) is 9.14. The molecule has 0 aliphatic heterocycles. The largest absolute Gasteiger partial charge is 0.495 e. The molecule has 20 heavy (non-hydrogen) atoms. The molecule has 112 valence electrons. The molecule has 0 unspecified atom stereocenters. The predicted octanol–water partition coefficient (Wildman–Crippen LogP) is 1.33. The zero-order valence-electron chi connectivity index (χ0n) is 11.8. The first-order valence-electron chi connectivity index (χ1n) is 5.81. The Balaban J connectivity index is 3.44. The van der Waals surface area contributed by atoms with Gasteiger partial charge in [0.1, 0.15) is 11.4 Å². The molecule has 1 aromatic carbocycles. The molecule has 0 saturated carbocycles. The van der Waals surface area contributed by atoms with E-state index in [9.17, 15) is 8.42 Å². The third-order valence-electron chi connectivity index (χ3n) is 2.67. The highest BCUT2D eigenvalue weighted by molar-refractivity contribution is 7.94. The number of nitrogens with zero attached hydrogens (tertiary/aromatic N) is 1. The van der Waals surface area contributed by atoms with E-state index in [0.717, 1.165) is 0 Å². The molecule has 1 rings (SSSR count). The van der Waals surface area contributed by atoms with Gasteiger partial charge in [-0.15, -0.1) is 0 Å². The number of oxime groups is 1. The summed E-state index contributed by atoms with van der Waals surface area (Å²) in [4.78, 5) is 0. The summed E-state index contributed by atoms with van der Waals surface area (Å²) < 4.78 is 31.0. The number of ether oxygens (including phenoxy) is 1. The fourth-order valence-electron chi connectivity index (χ4n) is 1.36. The van der Waals surface area contributed by atoms with Gasteiger partial charge < -0.3 is 15.7 Å². The SMILES string of the molecule is COc1cccc(/C(N)=N/O)c1NS(=O)(=O)C(C)(C)C. The van der Waals surface area contributed by atoms with Crippen molar-refractivity contribution in [2.45, 2.75) is 25.5 Å². The summed E-state index contributed by atoms with van der Waals surface area (Å²) in [5, 5.41) is 11.7. The topological polar surface area (TPSA) is 114 Å². The number of hydrogen-bond donors (Lipinski definition) is 3. The van der Waals surface area contributed by atoms with Crippen molar-refractivity contribution in [1.29, 1.82) is 0 Å². The summed E-state index contributed by atoms with van der Waals surface area (Å²) in [5.74, 6) is 0.0671. The van der Waals surface area contributed by atoms with Crippen LogP contribution in [0.5, 0.6) is 5.75 Å². The van der Waals surface area contributed by atoms with Crippen LogP contribution in [0, 0.1) is 0 Å². The van der Waals surface area contributed by atoms with Gasteiger partial charge in [0.05, 0.1) is 11.9 Å². The molecule has 0 aliphatic carbocycles. The molecule has 7 nitrogen and oxygen atoms in total. The average molecular weight is 301 g/mol. The highest BCUT2D eigenvalue weighted by Gasteiger charge is 2.31. The van der Waals surface area contributed by atoms with Crippen molar-refractivity contribution in [3.05, 3.63) is 23.8 Å². The molecule has 0 atom stereocenters. The monoisotopic (exact) mass is 301 g/mol. The second-order valence-corrected chi connectivity index (χ2v) is 7.52. The Bertz CT molecular complexity index is 618. The number of nitrogens with one attached hydrogen (secondary N) is 1. The second kappa shape index (κ2) is 5.58. The molecule has 0 fully saturated rings. The summed E-state index contributed by atoms with van der Waals surface area (Å²) in [6, 6.07) is 4.72. The number of sulfonamides is 1. The van der Waals surface area contributed by atoms with Crippen molar-refractivity contribution < 1.29 is 18.4 Å². The Morgan fingerprint density at radius 1 is 1.40 bits per heavy atom. The molecule has 8 heteroatoms. The Morgan fingerprint density at radius 2 is 2.00 bits per heavy atom. The van der Waals surface area contributed by atoms with Gasteiger partial charge in [-0.1, -0.05) is 11.2 Å². The van der Waals surface area contributed by atoms with E-state index in [1.54, 1.807) is 32.9 Å². The van der Waals surface area contributed by atoms with E-state index in [-0.39, 0.29) is 22.8 Å². The molecule has 0 amide bonds. The molecule has 0 aromatic heterocycles. The Labute approximate surface area is 118 Å². The van der Waals surface area contributed by atoms with Gasteiger partial charge in [-0.05, 0) is 32.9 Å². The molecule has 0 radical (unpaired) electrons. The normalized spacial score (nSPS) is 13.1. The third kappa shape index (κ3) is 3.13. The molecule has 0 heterocycles. The second-order valence-electron chi connectivity index (χ2n) is 5.09. The van der Waals surface area contributed by atoms with Crippen molar-refractivity contribution in [2.24, 2.45) is 10.9 Å². The van der Waals surface area contributed by atoms with E-state index < -0.39 is 14.8 Å². The van der Waals surface area contributed by atoms with Crippen LogP contribution in [0.1, 0.15) is 26.3 Å². The van der Waals surface area contributed by atoms with Crippen molar-refractivity contribution in [1.82, 2.24) is 0 Å². The highest BCUT2D eigenvalue weighted by atomic mass is 32.2. The summed E-state index contributed by atoms with van der Waals surface area (Å²) in [6.45, 7) is 4.69. The van der Waals surface area contributed by atoms with E-state index >= 15 is 0 Å². The minimum Gasteiger partial charge on any atom is -0.495 e. The van der Waals surface area contributed by atoms with Gasteiger partial charge in [0.2, 0.25) is 10.0 Å². The molecule has 0 spiro atoms. The van der Waals surface area contributed by atoms with E-state index in [2.05, 4.69) is 9.88 Å². The van der Waals surface area contributed by atoms with Crippen LogP contribution < -0.4 is 15.2 Å². The van der Waals surface area contributed by atoms with E-state index in [4.69, 9.17) is 15.7 Å². The van der Waals surface area contributed by atoms with Crippen LogP contribution in [-0.2, 0) is 10.0 Å². The fourth-order valence-corrected chi connectivity index (χ4v) is 2.15. The van der Waals surface area contributed by atoms with Gasteiger partial charge >= 0.3 is 0 Å². The van der Waals surface area contributed by atoms with Gasteiger partial charge in [0, 0.05) is 5.56 Å². The Kier molecular flexibility index (Phi) is 4.49. The highest BCUT2D eigenvalue weighted by Crippen LogP contribution is 2.31. The number of hydrogen-bond acceptors (Lipinski definition) is 5. The Hall–Kier alpha value is -1.96. The minimum absolute atomic E-state index is 0.139. The summed E-state index contributed by atoms with van der Waals surface area (Å²) in [5.41, 5.74) is 5.93. The lowest BCUT2D eigenvalue weighted by molar-refractivity contribution is 0.318. The molecule has 0 aliphatic rings. The number of nitrogens with two attached hydrogens (primary N) is 1. The number of amidine groups is 1. The van der Waals surface area contributed by atoms with Crippen molar-refractivity contribution >= 4 is 21.5 Å². The summed E-state index contributed by atoms with van der Waals surface area (Å²) in [7, 11) is -2.27. The van der Waals surface area contributed by atoms with Gasteiger partial charge in [0.15, 0.2) is 5.84 Å². The first kappa shape index (κ1) is 16.1. The number of rotatable bonds is 4. The molecular weight excluding hydrogens is 282 g/mol. The van der Waals surface area contributed by atoms with E-state index in [0.29, 0.717) is 0 Å². The first-order valence-corrected chi connectivity index (χ1v) is 7.29. The van der Waals surface area contributed by atoms with Gasteiger partial charge in [0.25, 0.3) is 0 Å². The molecule has 1 aromatic rings. The number of benzene rings is 1. The quantitative estimate of drug-likeness (QED) is 0.336. The van der Waals surface area contributed by atoms with Crippen LogP contribution in [0.4, 0.5) is 5.69 Å². The van der Waals surface area contributed by atoms with Crippen molar-refractivity contribution in [2.75, 3.05) is 11.8 Å². The lowest BCUT2D eigenvalue weighted by Gasteiger charge is -2.22. The van der Waals surface area contributed by atoms with Crippen LogP contribution >= 0.6 is 0 Å². The Morgan fingerprint density at radius 3 is 2.45 bits per heavy atom. The van der Waals surface area contributed by atoms with Crippen LogP contribution in [-0.4, -0.2) is 31.3 Å². The molecule has 0 bridgehead atoms. The zero-order valence-corrected chi connectivity index (χ0v) is 12.7. The van der Waals surface area contributed by atoms with E-state index in [1.165, 1.54) is 13.2 Å². The lowest BCUT2D eigenvalue weighted by atomic mass is 10.1. The fraction of sp³-hybridized carbons (Fsp3) is 0.417. The molecule has 0 saturated heterocycles. The summed E-state index contributed by atoms with van der Waals surface area (Å²) >= 11 is 0. The van der Waals surface area contributed by atoms with Gasteiger partial charge in [-0.25, -0.2) is 8.42 Å². The third-order valence-corrected chi connectivity index (χ3v) is 4.76. The number of methoxy groups -OCH3 is 1. The average Bonchev–Trinajstić information content (AvgIpc) is 2.36. The standard InChI is InChI=1S/C12H19N3O4S/c1-12(2,3)20(17,18)15-10-8(11(13)14-16)6-5-7-9(10)19-4/h5-7,15-16H,1-4H3,(H2,13,14). The lowest BCUT2D eigenvalue weighted by Crippen LogP contribution is -2.34. The van der Waals surface area contributed by atoms with Crippen LogP contribution in [0.25, 0.3) is 0 Å². The van der Waals surface area contributed by atoms with Crippen LogP contribution in [0.15, 0.2) is 23.4 Å². The summed E-state index contributed by atoms with van der Waals surface area (Å²) in [6.07, 6.45) is 0. The maximum atomic E-state index is 12.2. The maximum absolute atomic E-state index is 12.2. The molecule has 4 N–H and O–H groups in total. The number of para-hydroxylation sites is 1.